The van der Waals surface area contributed by atoms with Crippen LogP contribution in [-0.4, -0.2) is 30.3 Å². The molecule has 1 amide bonds. The molecule has 1 aromatic rings. The molecule has 0 radical (unpaired) electrons. The molecule has 1 N–H and O–H groups in total. The lowest BCUT2D eigenvalue weighted by Gasteiger charge is -2.07. The van der Waals surface area contributed by atoms with Crippen LogP contribution in [-0.2, 0) is 16.1 Å². The second-order valence-corrected chi connectivity index (χ2v) is 4.37. The Hall–Kier alpha value is -0.820. The van der Waals surface area contributed by atoms with E-state index >= 15 is 0 Å². The molecule has 1 rings (SSSR count). The van der Waals surface area contributed by atoms with Crippen LogP contribution >= 0.6 is 22.6 Å². The third-order valence-electron chi connectivity index (χ3n) is 1.95. The molecule has 0 aliphatic rings. The lowest BCUT2D eigenvalue weighted by Crippen LogP contribution is -2.28. The first kappa shape index (κ1) is 14.2. The first-order chi connectivity index (χ1) is 8.33. The van der Waals surface area contributed by atoms with Gasteiger partial charge in [0.25, 0.3) is 0 Å². The van der Waals surface area contributed by atoms with Gasteiger partial charge in [0.05, 0.1) is 13.2 Å². The van der Waals surface area contributed by atoms with Crippen molar-refractivity contribution in [3.8, 4) is 0 Å². The third-order valence-corrected chi connectivity index (χ3v) is 2.39. The minimum Gasteiger partial charge on any atom is -0.445 e. The molecule has 0 fully saturated rings. The molecule has 0 unspecified atom stereocenters. The van der Waals surface area contributed by atoms with Crippen molar-refractivity contribution >= 4 is 28.7 Å². The smallest absolute Gasteiger partial charge is 0.407 e. The van der Waals surface area contributed by atoms with E-state index in [-0.39, 0.29) is 0 Å². The zero-order valence-electron chi connectivity index (χ0n) is 9.52. The number of amides is 1. The number of hydrogen-bond donors (Lipinski definition) is 1. The summed E-state index contributed by atoms with van der Waals surface area (Å²) in [6, 6.07) is 9.57. The summed E-state index contributed by atoms with van der Waals surface area (Å²) in [5.41, 5.74) is 0.976. The van der Waals surface area contributed by atoms with Gasteiger partial charge in [-0.15, -0.1) is 0 Å². The quantitative estimate of drug-likeness (QED) is 0.467. The number of rotatable bonds is 7. The van der Waals surface area contributed by atoms with Crippen molar-refractivity contribution in [1.82, 2.24) is 5.32 Å². The Labute approximate surface area is 115 Å². The monoisotopic (exact) mass is 349 g/mol. The summed E-state index contributed by atoms with van der Waals surface area (Å²) in [5, 5.41) is 2.62. The van der Waals surface area contributed by atoms with Gasteiger partial charge in [0.1, 0.15) is 6.61 Å². The molecule has 0 aromatic heterocycles. The van der Waals surface area contributed by atoms with Crippen molar-refractivity contribution < 1.29 is 14.3 Å². The second kappa shape index (κ2) is 9.23. The molecular weight excluding hydrogens is 333 g/mol. The summed E-state index contributed by atoms with van der Waals surface area (Å²) in [5.74, 6) is 0. The molecular formula is C12H16INO3. The number of hydrogen-bond acceptors (Lipinski definition) is 3. The van der Waals surface area contributed by atoms with E-state index < -0.39 is 6.09 Å². The Balaban J connectivity index is 2.05. The standard InChI is InChI=1S/C12H16INO3/c13-6-8-16-9-7-14-12(15)17-10-11-4-2-1-3-5-11/h1-5H,6-10H2,(H,14,15). The topological polar surface area (TPSA) is 47.6 Å². The van der Waals surface area contributed by atoms with E-state index in [1.54, 1.807) is 0 Å². The third kappa shape index (κ3) is 7.17. The number of alkyl halides is 1. The second-order valence-electron chi connectivity index (χ2n) is 3.29. The van der Waals surface area contributed by atoms with Crippen LogP contribution in [0.5, 0.6) is 0 Å². The van der Waals surface area contributed by atoms with Crippen LogP contribution in [0.2, 0.25) is 0 Å². The van der Waals surface area contributed by atoms with Crippen molar-refractivity contribution in [3.05, 3.63) is 35.9 Å². The fourth-order valence-corrected chi connectivity index (χ4v) is 1.47. The number of carbonyl (C=O) groups excluding carboxylic acids is 1. The van der Waals surface area contributed by atoms with E-state index in [0.29, 0.717) is 26.4 Å². The van der Waals surface area contributed by atoms with Crippen LogP contribution in [0.3, 0.4) is 0 Å². The highest BCUT2D eigenvalue weighted by Crippen LogP contribution is 2.00. The van der Waals surface area contributed by atoms with E-state index in [2.05, 4.69) is 27.9 Å². The van der Waals surface area contributed by atoms with Crippen molar-refractivity contribution in [2.45, 2.75) is 6.61 Å². The lowest BCUT2D eigenvalue weighted by atomic mass is 10.2. The van der Waals surface area contributed by atoms with E-state index in [4.69, 9.17) is 9.47 Å². The van der Waals surface area contributed by atoms with Crippen molar-refractivity contribution in [3.63, 3.8) is 0 Å². The molecule has 4 nitrogen and oxygen atoms in total. The fourth-order valence-electron chi connectivity index (χ4n) is 1.16. The Morgan fingerprint density at radius 3 is 2.71 bits per heavy atom. The Bertz CT molecular complexity index is 319. The molecule has 1 aromatic carbocycles. The summed E-state index contributed by atoms with van der Waals surface area (Å²) < 4.78 is 11.2. The van der Waals surface area contributed by atoms with Crippen molar-refractivity contribution in [1.29, 1.82) is 0 Å². The molecule has 17 heavy (non-hydrogen) atoms. The SMILES string of the molecule is O=C(NCCOCCI)OCc1ccccc1. The van der Waals surface area contributed by atoms with Crippen LogP contribution in [0.25, 0.3) is 0 Å². The zero-order chi connectivity index (χ0) is 12.3. The number of halogens is 1. The minimum absolute atomic E-state index is 0.293. The van der Waals surface area contributed by atoms with Gasteiger partial charge in [-0.25, -0.2) is 4.79 Å². The first-order valence-electron chi connectivity index (χ1n) is 5.41. The van der Waals surface area contributed by atoms with Gasteiger partial charge >= 0.3 is 6.09 Å². The summed E-state index contributed by atoms with van der Waals surface area (Å²) in [7, 11) is 0. The van der Waals surface area contributed by atoms with E-state index in [1.165, 1.54) is 0 Å². The average Bonchev–Trinajstić information content (AvgIpc) is 2.37. The van der Waals surface area contributed by atoms with Crippen LogP contribution in [0.15, 0.2) is 30.3 Å². The Morgan fingerprint density at radius 1 is 1.24 bits per heavy atom. The molecule has 0 saturated carbocycles. The maximum absolute atomic E-state index is 11.3. The predicted molar refractivity (Wildman–Crippen MR) is 74.3 cm³/mol. The Morgan fingerprint density at radius 2 is 2.00 bits per heavy atom. The normalized spacial score (nSPS) is 9.94. The van der Waals surface area contributed by atoms with Gasteiger partial charge in [0.2, 0.25) is 0 Å². The number of alkyl carbamates (subject to hydrolysis) is 1. The highest BCUT2D eigenvalue weighted by Gasteiger charge is 2.01. The summed E-state index contributed by atoms with van der Waals surface area (Å²) >= 11 is 2.24. The molecule has 0 aliphatic heterocycles. The van der Waals surface area contributed by atoms with Gasteiger partial charge in [-0.2, -0.15) is 0 Å². The maximum atomic E-state index is 11.3. The van der Waals surface area contributed by atoms with E-state index in [0.717, 1.165) is 9.99 Å². The number of ether oxygens (including phenoxy) is 2. The summed E-state index contributed by atoms with van der Waals surface area (Å²) in [6.07, 6.45) is -0.410. The van der Waals surface area contributed by atoms with Gasteiger partial charge in [-0.1, -0.05) is 52.9 Å². The Kier molecular flexibility index (Phi) is 7.74. The number of carbonyl (C=O) groups is 1. The largest absolute Gasteiger partial charge is 0.445 e. The molecule has 94 valence electrons. The van der Waals surface area contributed by atoms with Gasteiger partial charge in [-0.05, 0) is 5.56 Å². The van der Waals surface area contributed by atoms with Crippen LogP contribution < -0.4 is 5.32 Å². The molecule has 5 heteroatoms. The van der Waals surface area contributed by atoms with Gasteiger partial charge < -0.3 is 14.8 Å². The van der Waals surface area contributed by atoms with Crippen molar-refractivity contribution in [2.75, 3.05) is 24.2 Å². The van der Waals surface area contributed by atoms with E-state index in [1.807, 2.05) is 30.3 Å². The minimum atomic E-state index is -0.410. The van der Waals surface area contributed by atoms with Gasteiger partial charge in [-0.3, -0.25) is 0 Å². The number of nitrogens with one attached hydrogen (secondary N) is 1. The molecule has 0 atom stereocenters. The van der Waals surface area contributed by atoms with Crippen LogP contribution in [0, 0.1) is 0 Å². The lowest BCUT2D eigenvalue weighted by molar-refractivity contribution is 0.125. The highest BCUT2D eigenvalue weighted by atomic mass is 127. The summed E-state index contributed by atoms with van der Waals surface area (Å²) in [4.78, 5) is 11.3. The molecule has 0 spiro atoms. The molecule has 0 aliphatic carbocycles. The molecule has 0 heterocycles. The first-order valence-corrected chi connectivity index (χ1v) is 6.93. The highest BCUT2D eigenvalue weighted by molar-refractivity contribution is 14.1. The van der Waals surface area contributed by atoms with E-state index in [9.17, 15) is 4.79 Å². The van der Waals surface area contributed by atoms with Crippen LogP contribution in [0.4, 0.5) is 4.79 Å². The summed E-state index contributed by atoms with van der Waals surface area (Å²) in [6.45, 7) is 2.00. The number of benzene rings is 1. The van der Waals surface area contributed by atoms with Gasteiger partial charge in [0.15, 0.2) is 0 Å². The predicted octanol–water partition coefficient (Wildman–Crippen LogP) is 2.36. The fraction of sp³-hybridized carbons (Fsp3) is 0.417. The van der Waals surface area contributed by atoms with Crippen LogP contribution in [0.1, 0.15) is 5.56 Å². The zero-order valence-corrected chi connectivity index (χ0v) is 11.7. The van der Waals surface area contributed by atoms with Crippen molar-refractivity contribution in [2.24, 2.45) is 0 Å². The maximum Gasteiger partial charge on any atom is 0.407 e. The molecule has 0 bridgehead atoms. The van der Waals surface area contributed by atoms with Gasteiger partial charge in [0, 0.05) is 11.0 Å². The molecule has 0 saturated heterocycles. The average molecular weight is 349 g/mol.